The maximum absolute atomic E-state index is 2.00. The summed E-state index contributed by atoms with van der Waals surface area (Å²) in [5.74, 6) is 0. The Morgan fingerprint density at radius 3 is 1.38 bits per heavy atom. The molecule has 0 heterocycles. The number of hydrogen-bond donors (Lipinski definition) is 0. The molecule has 0 aliphatic rings. The van der Waals surface area contributed by atoms with Crippen LogP contribution < -0.4 is 24.8 Å². The van der Waals surface area contributed by atoms with Crippen LogP contribution in [-0.2, 0) is 26.2 Å². The predicted molar refractivity (Wildman–Crippen MR) is 22.0 cm³/mol. The van der Waals surface area contributed by atoms with Crippen LogP contribution in [0, 0.1) is 0 Å². The first-order valence-electron chi connectivity index (χ1n) is 1.67. The van der Waals surface area contributed by atoms with E-state index in [1.165, 1.54) is 0 Å². The summed E-state index contributed by atoms with van der Waals surface area (Å²) in [5, 5.41) is 0. The molecule has 0 N–H and O–H groups in total. The van der Waals surface area contributed by atoms with Gasteiger partial charge in [-0.2, -0.15) is 18.2 Å². The molecule has 0 unspecified atom stereocenters. The third-order valence-corrected chi connectivity index (χ3v) is 0.556. The molecule has 0 aromatic heterocycles. The van der Waals surface area contributed by atoms with E-state index in [0.717, 1.165) is 0 Å². The van der Waals surface area contributed by atoms with Gasteiger partial charge in [-0.1, -0.05) is 0 Å². The van der Waals surface area contributed by atoms with Gasteiger partial charge in [-0.3, -0.25) is 0 Å². The van der Waals surface area contributed by atoms with Gasteiger partial charge in [-0.25, -0.2) is 12.1 Å². The van der Waals surface area contributed by atoms with Crippen molar-refractivity contribution in [3.8, 4) is 0 Å². The van der Waals surface area contributed by atoms with Crippen LogP contribution in [0.3, 0.4) is 0 Å². The summed E-state index contributed by atoms with van der Waals surface area (Å²) in [6.45, 7) is 0. The van der Waals surface area contributed by atoms with Crippen LogP contribution in [0.1, 0.15) is 0 Å². The van der Waals surface area contributed by atoms with Crippen molar-refractivity contribution in [3.05, 3.63) is 30.3 Å². The maximum Gasteiger partial charge on any atom is 3.00 e. The SMILES string of the molecule is [Cl-].[Cl-].[Zr+3].c1cc[cH-]c1. The van der Waals surface area contributed by atoms with E-state index < -0.39 is 0 Å². The van der Waals surface area contributed by atoms with Crippen LogP contribution in [0.25, 0.3) is 0 Å². The van der Waals surface area contributed by atoms with Crippen LogP contribution >= 0.6 is 0 Å². The zero-order chi connectivity index (χ0) is 3.54. The molecule has 0 fully saturated rings. The van der Waals surface area contributed by atoms with Crippen molar-refractivity contribution in [2.24, 2.45) is 0 Å². The molecular weight excluding hydrogens is 222 g/mol. The summed E-state index contributed by atoms with van der Waals surface area (Å²) in [4.78, 5) is 0. The van der Waals surface area contributed by atoms with Gasteiger partial charge in [0.1, 0.15) is 0 Å². The number of rotatable bonds is 0. The van der Waals surface area contributed by atoms with E-state index in [1.807, 2.05) is 30.3 Å². The van der Waals surface area contributed by atoms with Crippen molar-refractivity contribution >= 4 is 0 Å². The Kier molecular flexibility index (Phi) is 21.4. The number of hydrogen-bond acceptors (Lipinski definition) is 0. The molecular formula is C5H5Cl2Zr. The normalized spacial score (nSPS) is 5.00. The van der Waals surface area contributed by atoms with Crippen LogP contribution in [0.2, 0.25) is 0 Å². The largest absolute Gasteiger partial charge is 3.00 e. The van der Waals surface area contributed by atoms with Crippen LogP contribution in [0.5, 0.6) is 0 Å². The Morgan fingerprint density at radius 2 is 1.25 bits per heavy atom. The van der Waals surface area contributed by atoms with Gasteiger partial charge in [0, 0.05) is 0 Å². The molecule has 8 heavy (non-hydrogen) atoms. The molecule has 0 spiro atoms. The topological polar surface area (TPSA) is 0 Å². The van der Waals surface area contributed by atoms with E-state index in [2.05, 4.69) is 0 Å². The van der Waals surface area contributed by atoms with Gasteiger partial charge in [0.05, 0.1) is 0 Å². The molecule has 1 aromatic rings. The van der Waals surface area contributed by atoms with Crippen molar-refractivity contribution in [1.29, 1.82) is 0 Å². The molecule has 0 saturated carbocycles. The summed E-state index contributed by atoms with van der Waals surface area (Å²) >= 11 is 0. The minimum atomic E-state index is 0. The Labute approximate surface area is 81.0 Å². The Hall–Kier alpha value is 0.813. The molecule has 0 aliphatic carbocycles. The first-order valence-corrected chi connectivity index (χ1v) is 1.67. The zero-order valence-corrected chi connectivity index (χ0v) is 8.11. The van der Waals surface area contributed by atoms with Crippen LogP contribution in [0.4, 0.5) is 0 Å². The number of halogens is 2. The first kappa shape index (κ1) is 15.9. The first-order chi connectivity index (χ1) is 2.50. The van der Waals surface area contributed by atoms with E-state index in [4.69, 9.17) is 0 Å². The van der Waals surface area contributed by atoms with Gasteiger partial charge < -0.3 is 24.8 Å². The monoisotopic (exact) mass is 225 g/mol. The molecule has 0 nitrogen and oxygen atoms in total. The molecule has 43 valence electrons. The second-order valence-electron chi connectivity index (χ2n) is 0.962. The second kappa shape index (κ2) is 10.7. The van der Waals surface area contributed by atoms with Gasteiger partial charge in [0.15, 0.2) is 0 Å². The fourth-order valence-corrected chi connectivity index (χ4v) is 0.321. The summed E-state index contributed by atoms with van der Waals surface area (Å²) in [5.41, 5.74) is 0. The average molecular weight is 227 g/mol. The standard InChI is InChI=1S/C5H5.2ClH.Zr/c1-2-4-5-3-1;;;/h1-5H;2*1H;/q-1;;;+3/p-2. The van der Waals surface area contributed by atoms with Crippen molar-refractivity contribution < 1.29 is 51.0 Å². The van der Waals surface area contributed by atoms with Gasteiger partial charge in [-0.15, -0.1) is 0 Å². The predicted octanol–water partition coefficient (Wildman–Crippen LogP) is -4.59. The Morgan fingerprint density at radius 1 is 0.875 bits per heavy atom. The van der Waals surface area contributed by atoms with Gasteiger partial charge in [0.2, 0.25) is 0 Å². The molecule has 3 heteroatoms. The summed E-state index contributed by atoms with van der Waals surface area (Å²) < 4.78 is 0. The van der Waals surface area contributed by atoms with Crippen LogP contribution in [-0.4, -0.2) is 0 Å². The van der Waals surface area contributed by atoms with E-state index in [1.54, 1.807) is 0 Å². The van der Waals surface area contributed by atoms with Gasteiger partial charge >= 0.3 is 26.2 Å². The minimum Gasteiger partial charge on any atom is -1.00 e. The van der Waals surface area contributed by atoms with E-state index >= 15 is 0 Å². The third-order valence-electron chi connectivity index (χ3n) is 0.556. The molecule has 1 rings (SSSR count). The fourth-order valence-electron chi connectivity index (χ4n) is 0.321. The minimum absolute atomic E-state index is 0. The van der Waals surface area contributed by atoms with Crippen molar-refractivity contribution in [1.82, 2.24) is 0 Å². The molecule has 0 aliphatic heterocycles. The Bertz CT molecular complexity index is 66.9. The van der Waals surface area contributed by atoms with E-state index in [9.17, 15) is 0 Å². The molecule has 0 amide bonds. The van der Waals surface area contributed by atoms with E-state index in [-0.39, 0.29) is 51.0 Å². The summed E-state index contributed by atoms with van der Waals surface area (Å²) in [6.07, 6.45) is 0. The smallest absolute Gasteiger partial charge is 1.00 e. The zero-order valence-electron chi connectivity index (χ0n) is 4.14. The maximum atomic E-state index is 2.00. The van der Waals surface area contributed by atoms with Crippen molar-refractivity contribution in [3.63, 3.8) is 0 Å². The second-order valence-corrected chi connectivity index (χ2v) is 0.962. The van der Waals surface area contributed by atoms with Crippen molar-refractivity contribution in [2.45, 2.75) is 0 Å². The van der Waals surface area contributed by atoms with Crippen LogP contribution in [0.15, 0.2) is 30.3 Å². The van der Waals surface area contributed by atoms with Crippen molar-refractivity contribution in [2.75, 3.05) is 0 Å². The average Bonchev–Trinajstić information content (AvgIpc) is 1.76. The molecule has 0 saturated heterocycles. The third kappa shape index (κ3) is 6.81. The fraction of sp³-hybridized carbons (Fsp3) is 0. The quantitative estimate of drug-likeness (QED) is 0.391. The molecule has 1 radical (unpaired) electrons. The summed E-state index contributed by atoms with van der Waals surface area (Å²) in [6, 6.07) is 10.0. The van der Waals surface area contributed by atoms with Gasteiger partial charge in [0.25, 0.3) is 0 Å². The summed E-state index contributed by atoms with van der Waals surface area (Å²) in [7, 11) is 0. The van der Waals surface area contributed by atoms with Gasteiger partial charge in [-0.05, 0) is 0 Å². The molecule has 1 aromatic carbocycles. The van der Waals surface area contributed by atoms with E-state index in [0.29, 0.717) is 0 Å². The Balaban J connectivity index is -0.0000000833. The molecule has 0 bridgehead atoms. The molecule has 0 atom stereocenters.